The SMILES string of the molecule is CCCCCCCCCCCCCCCCCC[C@H](C)C[C@H](C)/C=C(\C)C(=O)OC1[C@H](O)C(COC(=O)[C@@H](C)[C@@H](O)[C@@H](C)C[C@@H](C)CCCCCCCCCCCCCCCCCC)O[C@H](O[C@H]2OC(CO)[C@@H](OC(=O)/C(C)=C/[C@@H](C)C[C@@H](C)CCCCCCCCCCCCCCCC)C(O)[C@@H]2OC(=O)/C(C)=C/[C@@H](C)C[C@@H](C)CCCCCCCCCCCCCCCC)[C@@H]1OC(=O)CCCCCCCCCCCCCCC. The van der Waals surface area contributed by atoms with Crippen molar-refractivity contribution >= 4 is 29.8 Å². The number of carbonyl (C=O) groups excluding carboxylic acids is 5. The van der Waals surface area contributed by atoms with Gasteiger partial charge in [0.2, 0.25) is 12.6 Å². The zero-order valence-corrected chi connectivity index (χ0v) is 101. The van der Waals surface area contributed by atoms with E-state index in [1.54, 1.807) is 27.7 Å². The minimum atomic E-state index is -1.94. The van der Waals surface area contributed by atoms with Gasteiger partial charge >= 0.3 is 29.8 Å². The molecule has 0 saturated carbocycles. The molecule has 0 spiro atoms. The predicted octanol–water partition coefficient (Wildman–Crippen LogP) is 37.4. The summed E-state index contributed by atoms with van der Waals surface area (Å²) in [5.74, 6) is -3.89. The Balaban J connectivity index is 2.70. The molecule has 17 heteroatoms. The Hall–Kier alpha value is -3.71. The maximum atomic E-state index is 15.1. The third kappa shape index (κ3) is 74.3. The van der Waals surface area contributed by atoms with Crippen molar-refractivity contribution in [3.05, 3.63) is 34.9 Å². The van der Waals surface area contributed by atoms with Crippen LogP contribution >= 0.6 is 0 Å². The number of carbonyl (C=O) groups is 5. The molecule has 0 amide bonds. The van der Waals surface area contributed by atoms with Gasteiger partial charge in [-0.2, -0.15) is 0 Å². The van der Waals surface area contributed by atoms with Crippen molar-refractivity contribution in [2.75, 3.05) is 13.2 Å². The highest BCUT2D eigenvalue weighted by Crippen LogP contribution is 2.38. The molecule has 2 aliphatic rings. The highest BCUT2D eigenvalue weighted by molar-refractivity contribution is 5.89. The van der Waals surface area contributed by atoms with Gasteiger partial charge in [0, 0.05) is 23.1 Å². The largest absolute Gasteiger partial charge is 0.463 e. The second kappa shape index (κ2) is 96.4. The van der Waals surface area contributed by atoms with Crippen LogP contribution in [0.4, 0.5) is 0 Å². The molecule has 0 bridgehead atoms. The Morgan fingerprint density at radius 2 is 0.517 bits per heavy atom. The van der Waals surface area contributed by atoms with Gasteiger partial charge in [0.05, 0.1) is 18.6 Å². The first kappa shape index (κ1) is 141. The first-order chi connectivity index (χ1) is 72.2. The third-order valence-electron chi connectivity index (χ3n) is 32.9. The van der Waals surface area contributed by atoms with Crippen LogP contribution in [0.3, 0.4) is 0 Å². The molecule has 2 saturated heterocycles. The number of ether oxygens (including phenoxy) is 8. The molecule has 0 aromatic carbocycles. The van der Waals surface area contributed by atoms with E-state index in [0.29, 0.717) is 36.5 Å². The molecule has 876 valence electrons. The number of hydrogen-bond donors (Lipinski definition) is 4. The Labute approximate surface area is 919 Å². The summed E-state index contributed by atoms with van der Waals surface area (Å²) in [6.45, 7) is 33.6. The van der Waals surface area contributed by atoms with E-state index in [1.165, 1.54) is 398 Å². The smallest absolute Gasteiger partial charge is 0.333 e. The molecule has 4 unspecified atom stereocenters. The molecule has 2 heterocycles. The first-order valence-electron chi connectivity index (χ1n) is 64.8. The molecule has 0 radical (unpaired) electrons. The van der Waals surface area contributed by atoms with Gasteiger partial charge in [0.1, 0.15) is 31.0 Å². The number of allylic oxidation sites excluding steroid dienone is 3. The fraction of sp³-hybridized carbons (Fsp3) is 0.917. The molecule has 0 aromatic heterocycles. The van der Waals surface area contributed by atoms with Crippen molar-refractivity contribution in [1.29, 1.82) is 0 Å². The van der Waals surface area contributed by atoms with E-state index in [4.69, 9.17) is 37.9 Å². The van der Waals surface area contributed by atoms with Crippen LogP contribution in [0.15, 0.2) is 34.9 Å². The molecular formula is C132H246O17. The standard InChI is InChI=1S/C132H246O17/c1-18-23-28-33-38-43-48-53-57-59-64-68-73-78-82-87-92-106(7)97-110(11)101-114(15)128(139)147-124-121(136)118(104-142-130(141)116(17)120(135)112(13)99-108(9)94-89-84-79-74-69-65-60-58-54-49-44-39-34-29-24-19-2)144-132(126(124)145-119(134)95-90-85-80-75-70-61-52-47-42-37-32-27-22-5)149-131-125(148-129(140)115(16)102-111(12)98-107(8)93-88-83-77-72-67-63-56-51-46-41-36-31-26-21-4)122(137)123(117(103-133)143-131)146-127(138)113(14)100-109(10)96-105(6)91-86-81-76-71-66-62-55-50-45-40-35-30-25-20-3/h100-102,105-112,116-118,120-126,131-133,135-137H,18-99,103-104H2,1-17H3/b113-100+,114-101+,115-102+/t105-,106-,107-,108-,109-,110-,111-,112-,116-,117?,118?,120-,121+,122?,123+,124?,125-,126+,131+,132+/m0/s1. The van der Waals surface area contributed by atoms with Gasteiger partial charge in [-0.3, -0.25) is 9.59 Å². The number of rotatable bonds is 104. The zero-order chi connectivity index (χ0) is 109. The van der Waals surface area contributed by atoms with Gasteiger partial charge in [-0.25, -0.2) is 14.4 Å². The molecule has 2 fully saturated rings. The Morgan fingerprint density at radius 3 is 0.792 bits per heavy atom. The predicted molar refractivity (Wildman–Crippen MR) is 625 cm³/mol. The van der Waals surface area contributed by atoms with E-state index in [0.717, 1.165) is 109 Å². The normalized spacial score (nSPS) is 20.4. The van der Waals surface area contributed by atoms with Crippen LogP contribution in [-0.4, -0.2) is 131 Å². The minimum Gasteiger partial charge on any atom is -0.463 e. The summed E-state index contributed by atoms with van der Waals surface area (Å²) in [7, 11) is 0. The van der Waals surface area contributed by atoms with Gasteiger partial charge in [-0.1, -0.05) is 596 Å². The number of esters is 5. The summed E-state index contributed by atoms with van der Waals surface area (Å²) in [6.07, 6.45) is 86.4. The first-order valence-corrected chi connectivity index (χ1v) is 64.8. The lowest BCUT2D eigenvalue weighted by atomic mass is 9.85. The fourth-order valence-corrected chi connectivity index (χ4v) is 23.3. The van der Waals surface area contributed by atoms with Crippen LogP contribution in [-0.2, 0) is 61.9 Å². The lowest BCUT2D eigenvalue weighted by molar-refractivity contribution is -0.377. The molecule has 0 aliphatic carbocycles. The Bertz CT molecular complexity index is 3210. The zero-order valence-electron chi connectivity index (χ0n) is 101. The summed E-state index contributed by atoms with van der Waals surface area (Å²) < 4.78 is 52.2. The van der Waals surface area contributed by atoms with Gasteiger partial charge < -0.3 is 58.3 Å². The van der Waals surface area contributed by atoms with E-state index in [2.05, 4.69) is 83.1 Å². The van der Waals surface area contributed by atoms with Crippen LogP contribution < -0.4 is 0 Å². The van der Waals surface area contributed by atoms with Crippen LogP contribution in [0.25, 0.3) is 0 Å². The lowest BCUT2D eigenvalue weighted by Gasteiger charge is -2.47. The van der Waals surface area contributed by atoms with Crippen LogP contribution in [0, 0.1) is 53.3 Å². The molecule has 17 nitrogen and oxygen atoms in total. The highest BCUT2D eigenvalue weighted by Gasteiger charge is 2.56. The van der Waals surface area contributed by atoms with Crippen molar-refractivity contribution < 1.29 is 82.3 Å². The van der Waals surface area contributed by atoms with E-state index < -0.39 is 116 Å². The Morgan fingerprint density at radius 1 is 0.282 bits per heavy atom. The summed E-state index contributed by atoms with van der Waals surface area (Å²) in [5, 5.41) is 49.6. The number of unbranched alkanes of at least 4 members (excludes halogenated alkanes) is 68. The summed E-state index contributed by atoms with van der Waals surface area (Å²) in [4.78, 5) is 74.3. The van der Waals surface area contributed by atoms with Crippen molar-refractivity contribution in [3.8, 4) is 0 Å². The van der Waals surface area contributed by atoms with Crippen molar-refractivity contribution in [3.63, 3.8) is 0 Å². The van der Waals surface area contributed by atoms with E-state index in [9.17, 15) is 34.8 Å². The molecule has 4 N–H and O–H groups in total. The average Bonchev–Trinajstić information content (AvgIpc) is 0.767. The maximum absolute atomic E-state index is 15.1. The van der Waals surface area contributed by atoms with E-state index in [1.807, 2.05) is 25.2 Å². The summed E-state index contributed by atoms with van der Waals surface area (Å²) >= 11 is 0. The highest BCUT2D eigenvalue weighted by atomic mass is 16.8. The van der Waals surface area contributed by atoms with Gasteiger partial charge in [-0.05, 0) is 107 Å². The molecule has 149 heavy (non-hydrogen) atoms. The maximum Gasteiger partial charge on any atom is 0.333 e. The van der Waals surface area contributed by atoms with Crippen LogP contribution in [0.5, 0.6) is 0 Å². The van der Waals surface area contributed by atoms with Crippen molar-refractivity contribution in [1.82, 2.24) is 0 Å². The van der Waals surface area contributed by atoms with Crippen molar-refractivity contribution in [2.24, 2.45) is 53.3 Å². The number of aliphatic hydroxyl groups is 4. The number of hydrogen-bond acceptors (Lipinski definition) is 17. The molecule has 20 atom stereocenters. The Kier molecular flexibility index (Phi) is 91.5. The summed E-state index contributed by atoms with van der Waals surface area (Å²) in [5.41, 5.74) is 0.768. The number of aliphatic hydroxyl groups excluding tert-OH is 4. The van der Waals surface area contributed by atoms with Crippen molar-refractivity contribution in [2.45, 2.75) is 712 Å². The van der Waals surface area contributed by atoms with Gasteiger partial charge in [-0.15, -0.1) is 0 Å². The quantitative estimate of drug-likeness (QED) is 0.0192. The van der Waals surface area contributed by atoms with Crippen LogP contribution in [0.1, 0.15) is 644 Å². The molecule has 2 rings (SSSR count). The lowest BCUT2D eigenvalue weighted by Crippen LogP contribution is -2.66. The minimum absolute atomic E-state index is 0.0109. The summed E-state index contributed by atoms with van der Waals surface area (Å²) in [6, 6.07) is 0. The second-order valence-corrected chi connectivity index (χ2v) is 48.6. The topological polar surface area (TPSA) is 240 Å². The molecule has 0 aromatic rings. The van der Waals surface area contributed by atoms with Gasteiger partial charge in [0.25, 0.3) is 0 Å². The van der Waals surface area contributed by atoms with E-state index in [-0.39, 0.29) is 46.8 Å². The fourth-order valence-electron chi connectivity index (χ4n) is 23.3. The second-order valence-electron chi connectivity index (χ2n) is 48.6. The third-order valence-corrected chi connectivity index (χ3v) is 32.9. The molecular weight excluding hydrogens is 1860 g/mol. The van der Waals surface area contributed by atoms with Gasteiger partial charge in [0.15, 0.2) is 24.4 Å². The monoisotopic (exact) mass is 2100 g/mol. The van der Waals surface area contributed by atoms with Crippen LogP contribution in [0.2, 0.25) is 0 Å². The van der Waals surface area contributed by atoms with E-state index >= 15 is 9.59 Å². The molecule has 2 aliphatic heterocycles. The average molecular weight is 2110 g/mol.